The van der Waals surface area contributed by atoms with Crippen LogP contribution in [0, 0.1) is 0 Å². The van der Waals surface area contributed by atoms with Crippen LogP contribution in [-0.2, 0) is 10.0 Å². The van der Waals surface area contributed by atoms with Crippen molar-refractivity contribution in [2.24, 2.45) is 5.73 Å². The third-order valence-corrected chi connectivity index (χ3v) is 6.42. The highest BCUT2D eigenvalue weighted by Crippen LogP contribution is 2.30. The predicted molar refractivity (Wildman–Crippen MR) is 96.4 cm³/mol. The molecule has 1 aliphatic heterocycles. The van der Waals surface area contributed by atoms with E-state index in [0.29, 0.717) is 11.4 Å². The maximum atomic E-state index is 13.2. The van der Waals surface area contributed by atoms with Gasteiger partial charge in [-0.15, -0.1) is 12.4 Å². The number of hydrogen-bond acceptors (Lipinski definition) is 3. The minimum atomic E-state index is -3.53. The first-order valence-electron chi connectivity index (χ1n) is 7.77. The third kappa shape index (κ3) is 3.38. The molecule has 0 aromatic heterocycles. The Bertz CT molecular complexity index is 772. The summed E-state index contributed by atoms with van der Waals surface area (Å²) in [4.78, 5) is 0.387. The van der Waals surface area contributed by atoms with Crippen LogP contribution in [0.25, 0.3) is 10.8 Å². The summed E-state index contributed by atoms with van der Waals surface area (Å²) in [5.41, 5.74) is 6.04. The van der Waals surface area contributed by atoms with E-state index in [2.05, 4.69) is 0 Å². The molecule has 0 spiro atoms. The zero-order valence-electron chi connectivity index (χ0n) is 13.2. The van der Waals surface area contributed by atoms with Crippen molar-refractivity contribution in [3.8, 4) is 0 Å². The summed E-state index contributed by atoms with van der Waals surface area (Å²) in [6.07, 6.45) is 2.77. The summed E-state index contributed by atoms with van der Waals surface area (Å²) >= 11 is 0. The Morgan fingerprint density at radius 3 is 2.57 bits per heavy atom. The van der Waals surface area contributed by atoms with Crippen molar-refractivity contribution in [3.63, 3.8) is 0 Å². The zero-order chi connectivity index (χ0) is 15.7. The number of nitrogens with zero attached hydrogens (tertiary/aromatic N) is 1. The van der Waals surface area contributed by atoms with Crippen molar-refractivity contribution >= 4 is 33.2 Å². The van der Waals surface area contributed by atoms with Gasteiger partial charge >= 0.3 is 0 Å². The van der Waals surface area contributed by atoms with Crippen LogP contribution in [-0.4, -0.2) is 31.4 Å². The van der Waals surface area contributed by atoms with E-state index in [4.69, 9.17) is 5.73 Å². The number of hydrogen-bond donors (Lipinski definition) is 1. The van der Waals surface area contributed by atoms with Gasteiger partial charge < -0.3 is 5.73 Å². The Hall–Kier alpha value is -1.14. The van der Waals surface area contributed by atoms with Crippen LogP contribution in [0.1, 0.15) is 26.2 Å². The molecule has 4 nitrogen and oxygen atoms in total. The summed E-state index contributed by atoms with van der Waals surface area (Å²) < 4.78 is 28.0. The van der Waals surface area contributed by atoms with Gasteiger partial charge in [0.25, 0.3) is 0 Å². The smallest absolute Gasteiger partial charge is 0.243 e. The Morgan fingerprint density at radius 2 is 1.83 bits per heavy atom. The number of rotatable bonds is 3. The van der Waals surface area contributed by atoms with Crippen molar-refractivity contribution in [2.75, 3.05) is 6.54 Å². The molecule has 2 aromatic rings. The summed E-state index contributed by atoms with van der Waals surface area (Å²) in [7, 11) is -3.53. The van der Waals surface area contributed by atoms with E-state index in [1.165, 1.54) is 0 Å². The normalized spacial score (nSPS) is 20.9. The van der Waals surface area contributed by atoms with Gasteiger partial charge in [-0.05, 0) is 31.2 Å². The van der Waals surface area contributed by atoms with E-state index in [1.807, 2.05) is 37.3 Å². The van der Waals surface area contributed by atoms with Crippen molar-refractivity contribution in [2.45, 2.75) is 43.2 Å². The maximum absolute atomic E-state index is 13.2. The second kappa shape index (κ2) is 7.18. The molecule has 6 heteroatoms. The topological polar surface area (TPSA) is 63.4 Å². The van der Waals surface area contributed by atoms with Crippen LogP contribution in [0.3, 0.4) is 0 Å². The molecule has 0 radical (unpaired) electrons. The van der Waals surface area contributed by atoms with Gasteiger partial charge in [0.2, 0.25) is 10.0 Å². The lowest BCUT2D eigenvalue weighted by atomic mass is 10.00. The number of benzene rings is 2. The van der Waals surface area contributed by atoms with Gasteiger partial charge in [0, 0.05) is 24.0 Å². The van der Waals surface area contributed by atoms with E-state index in [0.717, 1.165) is 30.0 Å². The van der Waals surface area contributed by atoms with Gasteiger partial charge in [0.15, 0.2) is 0 Å². The first-order chi connectivity index (χ1) is 10.5. The molecule has 0 aliphatic carbocycles. The van der Waals surface area contributed by atoms with Crippen LogP contribution in [0.2, 0.25) is 0 Å². The number of sulfonamides is 1. The number of halogens is 1. The monoisotopic (exact) mass is 354 g/mol. The highest BCUT2D eigenvalue weighted by molar-refractivity contribution is 7.89. The predicted octanol–water partition coefficient (Wildman–Crippen LogP) is 3.15. The van der Waals surface area contributed by atoms with Gasteiger partial charge in [-0.1, -0.05) is 42.8 Å². The molecular formula is C17H23ClN2O2S. The van der Waals surface area contributed by atoms with Gasteiger partial charge in [-0.2, -0.15) is 4.31 Å². The Morgan fingerprint density at radius 1 is 1.13 bits per heavy atom. The lowest BCUT2D eigenvalue weighted by molar-refractivity contribution is 0.227. The molecule has 2 unspecified atom stereocenters. The Kier molecular flexibility index (Phi) is 5.68. The Labute approximate surface area is 144 Å². The molecule has 1 heterocycles. The molecular weight excluding hydrogens is 332 g/mol. The van der Waals surface area contributed by atoms with Gasteiger partial charge in [0.1, 0.15) is 0 Å². The maximum Gasteiger partial charge on any atom is 0.243 e. The number of nitrogens with two attached hydrogens (primary N) is 1. The summed E-state index contributed by atoms with van der Waals surface area (Å²) in [6, 6.07) is 12.8. The van der Waals surface area contributed by atoms with E-state index in [-0.39, 0.29) is 24.5 Å². The fourth-order valence-corrected chi connectivity index (χ4v) is 5.29. The third-order valence-electron chi connectivity index (χ3n) is 4.44. The first kappa shape index (κ1) is 18.2. The Balaban J connectivity index is 0.00000192. The van der Waals surface area contributed by atoms with Crippen LogP contribution < -0.4 is 5.73 Å². The quantitative estimate of drug-likeness (QED) is 0.920. The van der Waals surface area contributed by atoms with Crippen LogP contribution in [0.5, 0.6) is 0 Å². The average Bonchev–Trinajstić information content (AvgIpc) is 2.54. The molecule has 3 rings (SSSR count). The summed E-state index contributed by atoms with van der Waals surface area (Å²) in [5.74, 6) is 0. The van der Waals surface area contributed by atoms with E-state index in [1.54, 1.807) is 16.4 Å². The molecule has 126 valence electrons. The summed E-state index contributed by atoms with van der Waals surface area (Å²) in [6.45, 7) is 2.44. The van der Waals surface area contributed by atoms with Crippen LogP contribution >= 0.6 is 12.4 Å². The fraction of sp³-hybridized carbons (Fsp3) is 0.412. The number of piperidine rings is 1. The molecule has 0 saturated carbocycles. The molecule has 1 aliphatic rings. The lowest BCUT2D eigenvalue weighted by Gasteiger charge is -2.37. The van der Waals surface area contributed by atoms with E-state index >= 15 is 0 Å². The fourth-order valence-electron chi connectivity index (χ4n) is 3.30. The van der Waals surface area contributed by atoms with Gasteiger partial charge in [-0.25, -0.2) is 8.42 Å². The minimum absolute atomic E-state index is 0. The average molecular weight is 355 g/mol. The van der Waals surface area contributed by atoms with E-state index in [9.17, 15) is 8.42 Å². The van der Waals surface area contributed by atoms with Crippen molar-refractivity contribution in [1.29, 1.82) is 0 Å². The minimum Gasteiger partial charge on any atom is -0.326 e. The van der Waals surface area contributed by atoms with Crippen molar-refractivity contribution in [1.82, 2.24) is 4.31 Å². The van der Waals surface area contributed by atoms with Crippen LogP contribution in [0.4, 0.5) is 0 Å². The highest BCUT2D eigenvalue weighted by atomic mass is 35.5. The second-order valence-electron chi connectivity index (χ2n) is 6.02. The standard InChI is InChI=1S/C17H22N2O2S.ClH/c1-13(18)16-10-4-5-12-19(16)22(20,21)17-11-6-8-14-7-2-3-9-15(14)17;/h2-3,6-9,11,13,16H,4-5,10,12,18H2,1H3;1H. The molecule has 1 saturated heterocycles. The van der Waals surface area contributed by atoms with Crippen molar-refractivity contribution in [3.05, 3.63) is 42.5 Å². The summed E-state index contributed by atoms with van der Waals surface area (Å²) in [5, 5.41) is 1.72. The molecule has 23 heavy (non-hydrogen) atoms. The van der Waals surface area contributed by atoms with Gasteiger partial charge in [-0.3, -0.25) is 0 Å². The highest BCUT2D eigenvalue weighted by Gasteiger charge is 2.35. The first-order valence-corrected chi connectivity index (χ1v) is 9.21. The lowest BCUT2D eigenvalue weighted by Crippen LogP contribution is -2.51. The van der Waals surface area contributed by atoms with Gasteiger partial charge in [0.05, 0.1) is 4.90 Å². The molecule has 1 fully saturated rings. The molecule has 2 atom stereocenters. The SMILES string of the molecule is CC(N)C1CCCCN1S(=O)(=O)c1cccc2ccccc12.Cl. The molecule has 0 bridgehead atoms. The van der Waals surface area contributed by atoms with Crippen LogP contribution in [0.15, 0.2) is 47.4 Å². The largest absolute Gasteiger partial charge is 0.326 e. The second-order valence-corrected chi connectivity index (χ2v) is 7.87. The molecule has 0 amide bonds. The molecule has 2 N–H and O–H groups in total. The molecule has 2 aromatic carbocycles. The van der Waals surface area contributed by atoms with E-state index < -0.39 is 10.0 Å². The zero-order valence-corrected chi connectivity index (χ0v) is 14.8. The number of fused-ring (bicyclic) bond motifs is 1. The van der Waals surface area contributed by atoms with Crippen molar-refractivity contribution < 1.29 is 8.42 Å².